The third-order valence-corrected chi connectivity index (χ3v) is 4.26. The molecule has 0 amide bonds. The maximum Gasteiger partial charge on any atom is 0.160 e. The third kappa shape index (κ3) is 2.79. The van der Waals surface area contributed by atoms with Gasteiger partial charge in [-0.05, 0) is 39.0 Å². The Balaban J connectivity index is 2.36. The van der Waals surface area contributed by atoms with E-state index in [-0.39, 0.29) is 11.6 Å². The van der Waals surface area contributed by atoms with Crippen LogP contribution in [0.3, 0.4) is 0 Å². The maximum atomic E-state index is 5.92. The number of aromatic nitrogens is 2. The molecule has 1 heterocycles. The first kappa shape index (κ1) is 14.4. The molecule has 0 aliphatic heterocycles. The van der Waals surface area contributed by atoms with Gasteiger partial charge in [-0.25, -0.2) is 9.97 Å². The first-order valence-corrected chi connectivity index (χ1v) is 7.13. The van der Waals surface area contributed by atoms with E-state index in [1.807, 2.05) is 20.0 Å². The highest BCUT2D eigenvalue weighted by molar-refractivity contribution is 5.21. The Morgan fingerprint density at radius 2 is 2.26 bits per heavy atom. The Morgan fingerprint density at radius 3 is 2.79 bits per heavy atom. The van der Waals surface area contributed by atoms with Crippen molar-refractivity contribution < 1.29 is 4.74 Å². The first-order chi connectivity index (χ1) is 8.98. The number of methoxy groups -OCH3 is 1. The van der Waals surface area contributed by atoms with Crippen LogP contribution in [0.15, 0.2) is 6.20 Å². The average Bonchev–Trinajstić information content (AvgIpc) is 2.38. The molecule has 1 aromatic heterocycles. The molecule has 0 aromatic carbocycles. The normalized spacial score (nSPS) is 29.2. The van der Waals surface area contributed by atoms with Gasteiger partial charge in [-0.1, -0.05) is 13.3 Å². The lowest BCUT2D eigenvalue weighted by atomic mass is 9.78. The molecule has 1 fully saturated rings. The van der Waals surface area contributed by atoms with Crippen molar-refractivity contribution in [3.63, 3.8) is 0 Å². The Kier molecular flexibility index (Phi) is 4.21. The van der Waals surface area contributed by atoms with Gasteiger partial charge in [0, 0.05) is 30.6 Å². The molecule has 2 unspecified atom stereocenters. The van der Waals surface area contributed by atoms with Crippen LogP contribution in [-0.2, 0) is 10.3 Å². The lowest BCUT2D eigenvalue weighted by molar-refractivity contribution is -0.0647. The van der Waals surface area contributed by atoms with Crippen molar-refractivity contribution in [2.45, 2.75) is 58.1 Å². The monoisotopic (exact) mass is 263 g/mol. The zero-order chi connectivity index (χ0) is 14.0. The molecule has 2 N–H and O–H groups in total. The molecular weight excluding hydrogens is 238 g/mol. The van der Waals surface area contributed by atoms with Gasteiger partial charge in [0.15, 0.2) is 5.82 Å². The van der Waals surface area contributed by atoms with Gasteiger partial charge in [0.05, 0.1) is 0 Å². The number of hydrogen-bond donors (Lipinski definition) is 1. The standard InChI is InChI=1S/C15H25N3O/c1-10-6-5-7-15(8-10,19-4)14-17-9-13(11(2)16)12(3)18-14/h9-11H,5-8,16H2,1-4H3/t10?,11-,15?/m0/s1. The summed E-state index contributed by atoms with van der Waals surface area (Å²) in [6.45, 7) is 6.23. The molecular formula is C15H25N3O. The van der Waals surface area contributed by atoms with Crippen molar-refractivity contribution in [1.82, 2.24) is 9.97 Å². The molecule has 3 atom stereocenters. The van der Waals surface area contributed by atoms with Crippen LogP contribution in [0.25, 0.3) is 0 Å². The number of nitrogens with two attached hydrogens (primary N) is 1. The van der Waals surface area contributed by atoms with Gasteiger partial charge in [-0.2, -0.15) is 0 Å². The molecule has 1 aliphatic rings. The molecule has 0 radical (unpaired) electrons. The molecule has 0 spiro atoms. The predicted molar refractivity (Wildman–Crippen MR) is 75.7 cm³/mol. The zero-order valence-corrected chi connectivity index (χ0v) is 12.4. The SMILES string of the molecule is COC1(c2ncc([C@H](C)N)c(C)n2)CCCC(C)C1. The molecule has 4 nitrogen and oxygen atoms in total. The van der Waals surface area contributed by atoms with Gasteiger partial charge in [-0.3, -0.25) is 0 Å². The van der Waals surface area contributed by atoms with Gasteiger partial charge in [0.25, 0.3) is 0 Å². The van der Waals surface area contributed by atoms with Gasteiger partial charge >= 0.3 is 0 Å². The van der Waals surface area contributed by atoms with E-state index in [1.165, 1.54) is 12.8 Å². The van der Waals surface area contributed by atoms with Gasteiger partial charge in [-0.15, -0.1) is 0 Å². The summed E-state index contributed by atoms with van der Waals surface area (Å²) in [5, 5.41) is 0. The number of aryl methyl sites for hydroxylation is 1. The first-order valence-electron chi connectivity index (χ1n) is 7.13. The molecule has 0 bridgehead atoms. The molecule has 4 heteroatoms. The second-order valence-electron chi connectivity index (χ2n) is 5.92. The van der Waals surface area contributed by atoms with Crippen LogP contribution in [-0.4, -0.2) is 17.1 Å². The smallest absolute Gasteiger partial charge is 0.160 e. The molecule has 0 saturated heterocycles. The molecule has 1 saturated carbocycles. The van der Waals surface area contributed by atoms with Crippen LogP contribution >= 0.6 is 0 Å². The van der Waals surface area contributed by atoms with Gasteiger partial charge < -0.3 is 10.5 Å². The zero-order valence-electron chi connectivity index (χ0n) is 12.4. The Morgan fingerprint density at radius 1 is 1.53 bits per heavy atom. The minimum atomic E-state index is -0.307. The summed E-state index contributed by atoms with van der Waals surface area (Å²) in [7, 11) is 1.77. The predicted octanol–water partition coefficient (Wildman–Crippen LogP) is 2.86. The van der Waals surface area contributed by atoms with E-state index < -0.39 is 0 Å². The fourth-order valence-electron chi connectivity index (χ4n) is 3.13. The number of ether oxygens (including phenoxy) is 1. The number of rotatable bonds is 3. The molecule has 1 aromatic rings. The van der Waals surface area contributed by atoms with Crippen molar-refractivity contribution in [3.8, 4) is 0 Å². The summed E-state index contributed by atoms with van der Waals surface area (Å²) in [5.41, 5.74) is 7.59. The summed E-state index contributed by atoms with van der Waals surface area (Å²) >= 11 is 0. The second kappa shape index (κ2) is 5.55. The molecule has 1 aliphatic carbocycles. The van der Waals surface area contributed by atoms with E-state index in [1.54, 1.807) is 7.11 Å². The minimum Gasteiger partial charge on any atom is -0.370 e. The van der Waals surface area contributed by atoms with E-state index >= 15 is 0 Å². The fraction of sp³-hybridized carbons (Fsp3) is 0.733. The number of hydrogen-bond acceptors (Lipinski definition) is 4. The average molecular weight is 263 g/mol. The minimum absolute atomic E-state index is 0.0298. The summed E-state index contributed by atoms with van der Waals surface area (Å²) in [5.74, 6) is 1.48. The topological polar surface area (TPSA) is 61.0 Å². The summed E-state index contributed by atoms with van der Waals surface area (Å²) < 4.78 is 5.83. The van der Waals surface area contributed by atoms with Crippen molar-refractivity contribution in [3.05, 3.63) is 23.3 Å². The second-order valence-corrected chi connectivity index (χ2v) is 5.92. The highest BCUT2D eigenvalue weighted by atomic mass is 16.5. The van der Waals surface area contributed by atoms with Crippen LogP contribution < -0.4 is 5.73 Å². The maximum absolute atomic E-state index is 5.92. The van der Waals surface area contributed by atoms with Gasteiger partial charge in [0.2, 0.25) is 0 Å². The summed E-state index contributed by atoms with van der Waals surface area (Å²) in [6.07, 6.45) is 6.31. The third-order valence-electron chi connectivity index (χ3n) is 4.26. The fourth-order valence-corrected chi connectivity index (χ4v) is 3.13. The van der Waals surface area contributed by atoms with Crippen LogP contribution in [0.5, 0.6) is 0 Å². The Bertz CT molecular complexity index is 447. The van der Waals surface area contributed by atoms with E-state index in [2.05, 4.69) is 16.9 Å². The van der Waals surface area contributed by atoms with E-state index in [4.69, 9.17) is 10.5 Å². The van der Waals surface area contributed by atoms with Crippen LogP contribution in [0.2, 0.25) is 0 Å². The summed E-state index contributed by atoms with van der Waals surface area (Å²) in [4.78, 5) is 9.23. The van der Waals surface area contributed by atoms with Crippen molar-refractivity contribution >= 4 is 0 Å². The Labute approximate surface area is 115 Å². The highest BCUT2D eigenvalue weighted by Crippen LogP contribution is 2.41. The molecule has 2 rings (SSSR count). The van der Waals surface area contributed by atoms with Crippen molar-refractivity contribution in [2.75, 3.05) is 7.11 Å². The lowest BCUT2D eigenvalue weighted by Crippen LogP contribution is -2.36. The number of nitrogens with zero attached hydrogens (tertiary/aromatic N) is 2. The van der Waals surface area contributed by atoms with Crippen molar-refractivity contribution in [2.24, 2.45) is 11.7 Å². The largest absolute Gasteiger partial charge is 0.370 e. The highest BCUT2D eigenvalue weighted by Gasteiger charge is 2.39. The van der Waals surface area contributed by atoms with E-state index in [0.29, 0.717) is 5.92 Å². The van der Waals surface area contributed by atoms with Crippen LogP contribution in [0.1, 0.15) is 62.7 Å². The quantitative estimate of drug-likeness (QED) is 0.911. The van der Waals surface area contributed by atoms with Crippen LogP contribution in [0, 0.1) is 12.8 Å². The lowest BCUT2D eigenvalue weighted by Gasteiger charge is -2.37. The van der Waals surface area contributed by atoms with E-state index in [9.17, 15) is 0 Å². The molecule has 19 heavy (non-hydrogen) atoms. The Hall–Kier alpha value is -1.00. The molecule has 106 valence electrons. The van der Waals surface area contributed by atoms with Gasteiger partial charge in [0.1, 0.15) is 5.60 Å². The van der Waals surface area contributed by atoms with E-state index in [0.717, 1.165) is 29.9 Å². The summed E-state index contributed by atoms with van der Waals surface area (Å²) in [6, 6.07) is -0.0298. The van der Waals surface area contributed by atoms with Crippen LogP contribution in [0.4, 0.5) is 0 Å². The van der Waals surface area contributed by atoms with Crippen molar-refractivity contribution in [1.29, 1.82) is 0 Å².